The third-order valence-electron chi connectivity index (χ3n) is 6.53. The van der Waals surface area contributed by atoms with Crippen molar-refractivity contribution in [3.8, 4) is 0 Å². The molecule has 0 amide bonds. The van der Waals surface area contributed by atoms with E-state index in [9.17, 15) is 30.4 Å². The van der Waals surface area contributed by atoms with Crippen LogP contribution in [0.1, 0.15) is 45.6 Å². The average Bonchev–Trinajstić information content (AvgIpc) is 2.95. The predicted molar refractivity (Wildman–Crippen MR) is 145 cm³/mol. The largest absolute Gasteiger partial charge is 0.396 e. The Morgan fingerprint density at radius 2 is 0.974 bits per heavy atom. The third-order valence-corrected chi connectivity index (χ3v) is 6.53. The molecule has 0 bridgehead atoms. The van der Waals surface area contributed by atoms with E-state index < -0.39 is 22.1 Å². The monoisotopic (exact) mass is 528 g/mol. The van der Waals surface area contributed by atoms with Crippen LogP contribution in [0.15, 0.2) is 97.1 Å². The van der Waals surface area contributed by atoms with E-state index in [-0.39, 0.29) is 37.4 Å². The molecule has 9 heteroatoms. The first kappa shape index (κ1) is 27.6. The van der Waals surface area contributed by atoms with Gasteiger partial charge in [0.1, 0.15) is 12.2 Å². The molecule has 0 aliphatic carbocycles. The smallest absolute Gasteiger partial charge is 0.273 e. The van der Waals surface area contributed by atoms with Gasteiger partial charge in [-0.15, -0.1) is 0 Å². The van der Waals surface area contributed by atoms with Crippen LogP contribution in [-0.4, -0.2) is 33.3 Å². The van der Waals surface area contributed by atoms with Crippen molar-refractivity contribution >= 4 is 11.4 Å². The van der Waals surface area contributed by atoms with Gasteiger partial charge in [0.25, 0.3) is 11.4 Å². The first-order valence-electron chi connectivity index (χ1n) is 12.5. The fourth-order valence-electron chi connectivity index (χ4n) is 4.84. The topological polar surface area (TPSA) is 136 Å². The van der Waals surface area contributed by atoms with Crippen LogP contribution in [0.5, 0.6) is 0 Å². The summed E-state index contributed by atoms with van der Waals surface area (Å²) in [6, 6.07) is 27.8. The van der Waals surface area contributed by atoms with Gasteiger partial charge in [-0.2, -0.15) is 0 Å². The number of nitrogens with zero attached hydrogens (tertiary/aromatic N) is 2. The fraction of sp³-hybridized carbons (Fsp3) is 0.200. The third kappa shape index (κ3) is 6.18. The molecule has 2 N–H and O–H groups in total. The minimum Gasteiger partial charge on any atom is -0.396 e. The fourth-order valence-corrected chi connectivity index (χ4v) is 4.84. The number of hydrogen-bond donors (Lipinski definition) is 2. The zero-order chi connectivity index (χ0) is 27.8. The maximum absolute atomic E-state index is 11.9. The van der Waals surface area contributed by atoms with Crippen LogP contribution in [0.4, 0.5) is 11.4 Å². The molecule has 2 atom stereocenters. The molecule has 0 spiro atoms. The molecular formula is C30H28N2O7. The summed E-state index contributed by atoms with van der Waals surface area (Å²) in [6.07, 6.45) is -1.55. The van der Waals surface area contributed by atoms with Crippen molar-refractivity contribution in [3.05, 3.63) is 151 Å². The van der Waals surface area contributed by atoms with E-state index in [4.69, 9.17) is 4.74 Å². The molecule has 4 aromatic rings. The summed E-state index contributed by atoms with van der Waals surface area (Å²) in [5.74, 6) is 0. The molecule has 0 aliphatic rings. The van der Waals surface area contributed by atoms with Crippen LogP contribution in [0, 0.1) is 20.2 Å². The molecule has 9 nitrogen and oxygen atoms in total. The Labute approximate surface area is 225 Å². The predicted octanol–water partition coefficient (Wildman–Crippen LogP) is 5.47. The Bertz CT molecular complexity index is 1320. The molecule has 0 aromatic heterocycles. The van der Waals surface area contributed by atoms with Gasteiger partial charge in [-0.1, -0.05) is 84.9 Å². The normalized spacial score (nSPS) is 12.6. The molecule has 200 valence electrons. The molecule has 2 unspecified atom stereocenters. The summed E-state index contributed by atoms with van der Waals surface area (Å²) in [4.78, 5) is 22.8. The number of nitro benzene ring substituents is 2. The maximum Gasteiger partial charge on any atom is 0.273 e. The molecule has 0 saturated carbocycles. The van der Waals surface area contributed by atoms with Crippen molar-refractivity contribution < 1.29 is 24.8 Å². The lowest BCUT2D eigenvalue weighted by molar-refractivity contribution is -0.385. The van der Waals surface area contributed by atoms with Gasteiger partial charge >= 0.3 is 0 Å². The summed E-state index contributed by atoms with van der Waals surface area (Å²) >= 11 is 0. The molecule has 4 aromatic carbocycles. The quantitative estimate of drug-likeness (QED) is 0.184. The summed E-state index contributed by atoms with van der Waals surface area (Å²) in [7, 11) is 0. The van der Waals surface area contributed by atoms with Crippen LogP contribution in [0.2, 0.25) is 0 Å². The van der Waals surface area contributed by atoms with Crippen LogP contribution in [-0.2, 0) is 17.6 Å². The highest BCUT2D eigenvalue weighted by molar-refractivity contribution is 5.51. The SMILES string of the molecule is O=[N+]([O-])c1cccc(C(OC(c2ccccc2)c2cccc([N+](=O)[O-])c2CCO)c2ccccc2)c1CCO. The van der Waals surface area contributed by atoms with E-state index >= 15 is 0 Å². The van der Waals surface area contributed by atoms with E-state index in [1.807, 2.05) is 60.7 Å². The first-order chi connectivity index (χ1) is 19.0. The number of ether oxygens (including phenoxy) is 1. The zero-order valence-electron chi connectivity index (χ0n) is 21.1. The number of benzene rings is 4. The van der Waals surface area contributed by atoms with E-state index in [0.29, 0.717) is 33.4 Å². The van der Waals surface area contributed by atoms with Gasteiger partial charge in [-0.3, -0.25) is 20.2 Å². The number of nitro groups is 2. The van der Waals surface area contributed by atoms with Gasteiger partial charge in [0, 0.05) is 49.3 Å². The van der Waals surface area contributed by atoms with Crippen LogP contribution in [0.3, 0.4) is 0 Å². The van der Waals surface area contributed by atoms with Crippen LogP contribution >= 0.6 is 0 Å². The lowest BCUT2D eigenvalue weighted by atomic mass is 9.91. The molecular weight excluding hydrogens is 500 g/mol. The molecule has 39 heavy (non-hydrogen) atoms. The summed E-state index contributed by atoms with van der Waals surface area (Å²) in [5, 5.41) is 43.3. The van der Waals surface area contributed by atoms with Gasteiger partial charge in [0.2, 0.25) is 0 Å². The van der Waals surface area contributed by atoms with Crippen molar-refractivity contribution in [1.29, 1.82) is 0 Å². The lowest BCUT2D eigenvalue weighted by Gasteiger charge is -2.29. The summed E-state index contributed by atoms with van der Waals surface area (Å²) < 4.78 is 6.83. The van der Waals surface area contributed by atoms with Crippen molar-refractivity contribution in [2.24, 2.45) is 0 Å². The Balaban J connectivity index is 1.96. The van der Waals surface area contributed by atoms with E-state index in [0.717, 1.165) is 0 Å². The maximum atomic E-state index is 11.9. The van der Waals surface area contributed by atoms with Gasteiger partial charge in [-0.25, -0.2) is 0 Å². The number of hydrogen-bond acceptors (Lipinski definition) is 7. The summed E-state index contributed by atoms with van der Waals surface area (Å²) in [6.45, 7) is -0.597. The number of rotatable bonds is 12. The Morgan fingerprint density at radius 1 is 0.590 bits per heavy atom. The summed E-state index contributed by atoms with van der Waals surface area (Å²) in [5.41, 5.74) is 2.90. The van der Waals surface area contributed by atoms with Gasteiger partial charge in [0.15, 0.2) is 0 Å². The molecule has 0 heterocycles. The van der Waals surface area contributed by atoms with Crippen LogP contribution in [0.25, 0.3) is 0 Å². The van der Waals surface area contributed by atoms with Crippen LogP contribution < -0.4 is 0 Å². The van der Waals surface area contributed by atoms with Gasteiger partial charge in [0.05, 0.1) is 9.85 Å². The van der Waals surface area contributed by atoms with Gasteiger partial charge < -0.3 is 14.9 Å². The highest BCUT2D eigenvalue weighted by Crippen LogP contribution is 2.41. The molecule has 4 rings (SSSR count). The van der Waals surface area contributed by atoms with Crippen molar-refractivity contribution in [3.63, 3.8) is 0 Å². The highest BCUT2D eigenvalue weighted by atomic mass is 16.6. The molecule has 0 aliphatic heterocycles. The second kappa shape index (κ2) is 12.9. The lowest BCUT2D eigenvalue weighted by Crippen LogP contribution is -2.18. The molecule has 0 radical (unpaired) electrons. The van der Waals surface area contributed by atoms with E-state index in [1.165, 1.54) is 12.1 Å². The first-order valence-corrected chi connectivity index (χ1v) is 12.5. The number of aliphatic hydroxyl groups is 2. The van der Waals surface area contributed by atoms with E-state index in [2.05, 4.69) is 0 Å². The number of aliphatic hydroxyl groups excluding tert-OH is 2. The highest BCUT2D eigenvalue weighted by Gasteiger charge is 2.31. The standard InChI is InChI=1S/C30H28N2O7/c33-19-17-23-25(13-7-15-27(23)31(35)36)29(21-9-3-1-4-10-21)39-30(22-11-5-2-6-12-22)26-14-8-16-28(32(37)38)24(26)18-20-34/h1-16,29-30,33-34H,17-20H2. The Morgan fingerprint density at radius 3 is 1.31 bits per heavy atom. The van der Waals surface area contributed by atoms with Crippen molar-refractivity contribution in [2.75, 3.05) is 13.2 Å². The molecule has 0 fully saturated rings. The minimum absolute atomic E-state index is 0.0434. The minimum atomic E-state index is -0.820. The zero-order valence-corrected chi connectivity index (χ0v) is 21.1. The average molecular weight is 529 g/mol. The Kier molecular flexibility index (Phi) is 9.11. The van der Waals surface area contributed by atoms with E-state index in [1.54, 1.807) is 24.3 Å². The molecule has 0 saturated heterocycles. The van der Waals surface area contributed by atoms with Gasteiger partial charge in [-0.05, 0) is 22.3 Å². The Hall–Kier alpha value is -4.44. The second-order valence-electron chi connectivity index (χ2n) is 8.87. The van der Waals surface area contributed by atoms with Crippen molar-refractivity contribution in [2.45, 2.75) is 25.0 Å². The van der Waals surface area contributed by atoms with Crippen molar-refractivity contribution in [1.82, 2.24) is 0 Å². The second-order valence-corrected chi connectivity index (χ2v) is 8.87.